The number of rotatable bonds is 5. The van der Waals surface area contributed by atoms with E-state index in [1.165, 1.54) is 11.1 Å². The number of H-pyrrole nitrogens is 1. The van der Waals surface area contributed by atoms with Crippen molar-refractivity contribution in [2.75, 3.05) is 5.32 Å². The summed E-state index contributed by atoms with van der Waals surface area (Å²) in [5.74, 6) is 1.02. The van der Waals surface area contributed by atoms with E-state index < -0.39 is 0 Å². The fourth-order valence-electron chi connectivity index (χ4n) is 2.47. The van der Waals surface area contributed by atoms with E-state index in [-0.39, 0.29) is 6.04 Å². The van der Waals surface area contributed by atoms with Gasteiger partial charge in [0.05, 0.1) is 6.20 Å². The Bertz CT molecular complexity index is 655. The van der Waals surface area contributed by atoms with E-state index >= 15 is 0 Å². The number of anilines is 1. The van der Waals surface area contributed by atoms with Crippen molar-refractivity contribution >= 4 is 21.7 Å². The summed E-state index contributed by atoms with van der Waals surface area (Å²) in [5.41, 5.74) is 2.59. The maximum Gasteiger partial charge on any atom is 0.272 e. The molecule has 3 heteroatoms. The fraction of sp³-hybridized carbons (Fsp3) is 0.105. The van der Waals surface area contributed by atoms with E-state index in [0.29, 0.717) is 0 Å². The van der Waals surface area contributed by atoms with Gasteiger partial charge in [-0.15, -0.1) is 0 Å². The Morgan fingerprint density at radius 3 is 2.27 bits per heavy atom. The smallest absolute Gasteiger partial charge is 0.267 e. The molecule has 0 amide bonds. The molecule has 3 rings (SSSR count). The zero-order valence-electron chi connectivity index (χ0n) is 12.2. The van der Waals surface area contributed by atoms with Gasteiger partial charge in [0.1, 0.15) is 6.04 Å². The molecule has 0 saturated carbocycles. The third-order valence-electron chi connectivity index (χ3n) is 3.59. The molecule has 0 radical (unpaired) electrons. The average molecular weight is 354 g/mol. The highest BCUT2D eigenvalue weighted by Crippen LogP contribution is 2.23. The largest absolute Gasteiger partial charge is 0.272 e. The van der Waals surface area contributed by atoms with E-state index in [0.717, 1.165) is 16.7 Å². The summed E-state index contributed by atoms with van der Waals surface area (Å²) in [7, 11) is 0. The molecule has 2 aromatic carbocycles. The van der Waals surface area contributed by atoms with Gasteiger partial charge >= 0.3 is 0 Å². The second-order valence-corrected chi connectivity index (χ2v) is 6.13. The second kappa shape index (κ2) is 7.23. The molecule has 0 fully saturated rings. The van der Waals surface area contributed by atoms with Crippen LogP contribution in [0.15, 0.2) is 83.5 Å². The Morgan fingerprint density at radius 1 is 0.864 bits per heavy atom. The Kier molecular flexibility index (Phi) is 4.86. The van der Waals surface area contributed by atoms with Crippen LogP contribution in [0.3, 0.4) is 0 Å². The molecule has 22 heavy (non-hydrogen) atoms. The molecule has 110 valence electrons. The molecule has 0 unspecified atom stereocenters. The van der Waals surface area contributed by atoms with Gasteiger partial charge in [-0.3, -0.25) is 5.32 Å². The standard InChI is InChI=1S/C19H17BrN2/c20-17-11-9-16(10-12-17)18(14-15-6-2-1-3-7-15)22-19-8-4-5-13-21-19/h1-13,18H,14H2,(H,21,22)/p+1/t18-/m0/s1. The molecule has 2 nitrogen and oxygen atoms in total. The quantitative estimate of drug-likeness (QED) is 0.709. The van der Waals surface area contributed by atoms with Crippen molar-refractivity contribution in [2.45, 2.75) is 12.5 Å². The van der Waals surface area contributed by atoms with Crippen LogP contribution in [0, 0.1) is 0 Å². The number of aromatic amines is 1. The van der Waals surface area contributed by atoms with Gasteiger partial charge in [0.25, 0.3) is 5.82 Å². The van der Waals surface area contributed by atoms with Gasteiger partial charge < -0.3 is 0 Å². The number of aromatic nitrogens is 1. The number of nitrogens with one attached hydrogen (secondary N) is 2. The number of pyridine rings is 1. The van der Waals surface area contributed by atoms with E-state index in [9.17, 15) is 0 Å². The summed E-state index contributed by atoms with van der Waals surface area (Å²) >= 11 is 3.50. The van der Waals surface area contributed by atoms with Crippen LogP contribution >= 0.6 is 15.9 Å². The highest BCUT2D eigenvalue weighted by Gasteiger charge is 2.17. The number of hydrogen-bond donors (Lipinski definition) is 1. The van der Waals surface area contributed by atoms with E-state index in [1.807, 2.05) is 18.3 Å². The fourth-order valence-corrected chi connectivity index (χ4v) is 2.73. The molecular formula is C19H18BrN2+. The predicted molar refractivity (Wildman–Crippen MR) is 93.6 cm³/mol. The Hall–Kier alpha value is -2.13. The minimum atomic E-state index is 0.217. The minimum absolute atomic E-state index is 0.217. The van der Waals surface area contributed by atoms with Gasteiger partial charge in [0.15, 0.2) is 0 Å². The average Bonchev–Trinajstić information content (AvgIpc) is 2.57. The van der Waals surface area contributed by atoms with Crippen molar-refractivity contribution in [1.82, 2.24) is 0 Å². The third-order valence-corrected chi connectivity index (χ3v) is 4.12. The van der Waals surface area contributed by atoms with Crippen LogP contribution in [0.4, 0.5) is 5.82 Å². The molecule has 0 aliphatic rings. The van der Waals surface area contributed by atoms with Gasteiger partial charge in [-0.2, -0.15) is 0 Å². The zero-order valence-corrected chi connectivity index (χ0v) is 13.8. The molecule has 0 saturated heterocycles. The lowest BCUT2D eigenvalue weighted by Gasteiger charge is -2.15. The molecular weight excluding hydrogens is 336 g/mol. The van der Waals surface area contributed by atoms with Crippen LogP contribution in [-0.2, 0) is 6.42 Å². The SMILES string of the molecule is Brc1ccc([C@H](Cc2ccccc2)Nc2cccc[nH+]2)cc1. The van der Waals surface area contributed by atoms with Gasteiger partial charge in [-0.05, 0) is 29.3 Å². The van der Waals surface area contributed by atoms with Crippen molar-refractivity contribution < 1.29 is 4.98 Å². The summed E-state index contributed by atoms with van der Waals surface area (Å²) in [6, 6.07) is 25.3. The van der Waals surface area contributed by atoms with Crippen LogP contribution in [0.1, 0.15) is 17.2 Å². The van der Waals surface area contributed by atoms with Gasteiger partial charge in [-0.1, -0.05) is 64.5 Å². The van der Waals surface area contributed by atoms with Crippen LogP contribution in [0.2, 0.25) is 0 Å². The number of halogens is 1. The molecule has 0 bridgehead atoms. The van der Waals surface area contributed by atoms with Gasteiger partial charge in [0, 0.05) is 17.0 Å². The number of hydrogen-bond acceptors (Lipinski definition) is 1. The van der Waals surface area contributed by atoms with E-state index in [2.05, 4.69) is 86.9 Å². The van der Waals surface area contributed by atoms with Crippen LogP contribution in [0.25, 0.3) is 0 Å². The van der Waals surface area contributed by atoms with E-state index in [4.69, 9.17) is 0 Å². The lowest BCUT2D eigenvalue weighted by atomic mass is 9.99. The topological polar surface area (TPSA) is 26.2 Å². The Morgan fingerprint density at radius 2 is 1.59 bits per heavy atom. The van der Waals surface area contributed by atoms with Crippen molar-refractivity contribution in [1.29, 1.82) is 0 Å². The Balaban J connectivity index is 1.86. The summed E-state index contributed by atoms with van der Waals surface area (Å²) < 4.78 is 1.10. The summed E-state index contributed by atoms with van der Waals surface area (Å²) in [6.45, 7) is 0. The molecule has 0 aliphatic heterocycles. The van der Waals surface area contributed by atoms with Crippen LogP contribution < -0.4 is 10.3 Å². The lowest BCUT2D eigenvalue weighted by Crippen LogP contribution is -2.19. The first kappa shape index (κ1) is 14.8. The summed E-state index contributed by atoms with van der Waals surface area (Å²) in [4.78, 5) is 3.25. The minimum Gasteiger partial charge on any atom is -0.267 e. The monoisotopic (exact) mass is 353 g/mol. The van der Waals surface area contributed by atoms with Crippen molar-refractivity contribution in [2.24, 2.45) is 0 Å². The highest BCUT2D eigenvalue weighted by molar-refractivity contribution is 9.10. The van der Waals surface area contributed by atoms with Crippen LogP contribution in [0.5, 0.6) is 0 Å². The molecule has 1 atom stereocenters. The normalized spacial score (nSPS) is 11.9. The van der Waals surface area contributed by atoms with E-state index in [1.54, 1.807) is 0 Å². The first-order valence-corrected chi connectivity index (χ1v) is 8.13. The third kappa shape index (κ3) is 3.95. The highest BCUT2D eigenvalue weighted by atomic mass is 79.9. The van der Waals surface area contributed by atoms with Gasteiger partial charge in [0.2, 0.25) is 0 Å². The molecule has 0 aliphatic carbocycles. The van der Waals surface area contributed by atoms with Crippen molar-refractivity contribution in [3.8, 4) is 0 Å². The van der Waals surface area contributed by atoms with Crippen molar-refractivity contribution in [3.63, 3.8) is 0 Å². The summed E-state index contributed by atoms with van der Waals surface area (Å²) in [6.07, 6.45) is 2.87. The predicted octanol–water partition coefficient (Wildman–Crippen LogP) is 4.66. The van der Waals surface area contributed by atoms with Gasteiger partial charge in [-0.25, -0.2) is 4.98 Å². The maximum absolute atomic E-state index is 3.59. The molecule has 0 spiro atoms. The zero-order chi connectivity index (χ0) is 15.2. The number of benzene rings is 2. The molecule has 1 aromatic heterocycles. The van der Waals surface area contributed by atoms with Crippen molar-refractivity contribution in [3.05, 3.63) is 94.6 Å². The maximum atomic E-state index is 3.59. The first-order valence-electron chi connectivity index (χ1n) is 7.34. The molecule has 1 heterocycles. The second-order valence-electron chi connectivity index (χ2n) is 5.21. The first-order chi connectivity index (χ1) is 10.8. The Labute approximate surface area is 139 Å². The summed E-state index contributed by atoms with van der Waals surface area (Å²) in [5, 5.41) is 3.59. The molecule has 2 N–H and O–H groups in total. The lowest BCUT2D eigenvalue weighted by molar-refractivity contribution is -0.361. The van der Waals surface area contributed by atoms with Crippen LogP contribution in [-0.4, -0.2) is 0 Å². The molecule has 3 aromatic rings.